The summed E-state index contributed by atoms with van der Waals surface area (Å²) in [5.41, 5.74) is 6.56. The maximum Gasteiger partial charge on any atom is 0.191 e. The molecular formula is C9H14N6S. The van der Waals surface area contributed by atoms with Crippen molar-refractivity contribution in [3.63, 3.8) is 0 Å². The SMILES string of the molecule is Cn1ccc(CSc2nnc(CN)n2C)n1. The summed E-state index contributed by atoms with van der Waals surface area (Å²) in [6.07, 6.45) is 1.93. The smallest absolute Gasteiger partial charge is 0.191 e. The van der Waals surface area contributed by atoms with Crippen molar-refractivity contribution >= 4 is 11.8 Å². The predicted molar refractivity (Wildman–Crippen MR) is 61.7 cm³/mol. The molecule has 0 aliphatic heterocycles. The zero-order valence-electron chi connectivity index (χ0n) is 9.29. The van der Waals surface area contributed by atoms with Crippen LogP contribution in [0.3, 0.4) is 0 Å². The molecule has 86 valence electrons. The fourth-order valence-corrected chi connectivity index (χ4v) is 2.16. The van der Waals surface area contributed by atoms with E-state index in [2.05, 4.69) is 15.3 Å². The number of nitrogens with zero attached hydrogens (tertiary/aromatic N) is 5. The molecule has 0 aromatic carbocycles. The molecule has 0 bridgehead atoms. The zero-order chi connectivity index (χ0) is 11.5. The van der Waals surface area contributed by atoms with Gasteiger partial charge in [-0.1, -0.05) is 11.8 Å². The first-order valence-corrected chi connectivity index (χ1v) is 5.89. The maximum atomic E-state index is 5.53. The van der Waals surface area contributed by atoms with Gasteiger partial charge >= 0.3 is 0 Å². The first-order chi connectivity index (χ1) is 7.70. The van der Waals surface area contributed by atoms with Crippen molar-refractivity contribution < 1.29 is 0 Å². The first kappa shape index (κ1) is 11.2. The Morgan fingerprint density at radius 3 is 2.75 bits per heavy atom. The van der Waals surface area contributed by atoms with Gasteiger partial charge in [0.15, 0.2) is 5.16 Å². The Morgan fingerprint density at radius 1 is 1.38 bits per heavy atom. The highest BCUT2D eigenvalue weighted by molar-refractivity contribution is 7.98. The largest absolute Gasteiger partial charge is 0.324 e. The molecule has 2 aromatic heterocycles. The molecule has 0 unspecified atom stereocenters. The van der Waals surface area contributed by atoms with E-state index in [0.29, 0.717) is 6.54 Å². The van der Waals surface area contributed by atoms with E-state index >= 15 is 0 Å². The summed E-state index contributed by atoms with van der Waals surface area (Å²) < 4.78 is 3.70. The third-order valence-corrected chi connectivity index (χ3v) is 3.28. The number of aromatic nitrogens is 5. The Kier molecular flexibility index (Phi) is 3.25. The predicted octanol–water partition coefficient (Wildman–Crippen LogP) is 0.300. The number of rotatable bonds is 4. The van der Waals surface area contributed by atoms with Crippen LogP contribution in [0.4, 0.5) is 0 Å². The summed E-state index contributed by atoms with van der Waals surface area (Å²) >= 11 is 1.61. The zero-order valence-corrected chi connectivity index (χ0v) is 10.1. The highest BCUT2D eigenvalue weighted by Crippen LogP contribution is 2.19. The van der Waals surface area contributed by atoms with Gasteiger partial charge in [0.05, 0.1) is 12.2 Å². The van der Waals surface area contributed by atoms with Crippen molar-refractivity contribution in [2.45, 2.75) is 17.5 Å². The fourth-order valence-electron chi connectivity index (χ4n) is 1.33. The number of hydrogen-bond acceptors (Lipinski definition) is 5. The number of hydrogen-bond donors (Lipinski definition) is 1. The van der Waals surface area contributed by atoms with Gasteiger partial charge in [-0.3, -0.25) is 4.68 Å². The van der Waals surface area contributed by atoms with Crippen LogP contribution in [0.15, 0.2) is 17.4 Å². The van der Waals surface area contributed by atoms with Crippen molar-refractivity contribution in [3.05, 3.63) is 23.8 Å². The van der Waals surface area contributed by atoms with Crippen LogP contribution in [0.25, 0.3) is 0 Å². The van der Waals surface area contributed by atoms with E-state index in [1.807, 2.05) is 30.9 Å². The molecule has 0 fully saturated rings. The van der Waals surface area contributed by atoms with Crippen LogP contribution >= 0.6 is 11.8 Å². The third kappa shape index (κ3) is 2.25. The molecule has 0 aliphatic rings. The Balaban J connectivity index is 2.02. The van der Waals surface area contributed by atoms with Crippen LogP contribution in [0.5, 0.6) is 0 Å². The molecule has 0 atom stereocenters. The lowest BCUT2D eigenvalue weighted by Crippen LogP contribution is -2.05. The molecule has 0 saturated carbocycles. The topological polar surface area (TPSA) is 74.6 Å². The Bertz CT molecular complexity index is 474. The molecule has 0 amide bonds. The summed E-state index contributed by atoms with van der Waals surface area (Å²) in [6.45, 7) is 0.410. The van der Waals surface area contributed by atoms with Gasteiger partial charge in [-0.05, 0) is 6.07 Å². The van der Waals surface area contributed by atoms with Crippen molar-refractivity contribution in [1.29, 1.82) is 0 Å². The first-order valence-electron chi connectivity index (χ1n) is 4.90. The molecular weight excluding hydrogens is 224 g/mol. The van der Waals surface area contributed by atoms with Crippen molar-refractivity contribution in [1.82, 2.24) is 24.5 Å². The molecule has 7 heteroatoms. The van der Waals surface area contributed by atoms with Crippen molar-refractivity contribution in [2.24, 2.45) is 19.8 Å². The molecule has 2 N–H and O–H groups in total. The molecule has 2 aromatic rings. The van der Waals surface area contributed by atoms with E-state index in [1.54, 1.807) is 16.4 Å². The van der Waals surface area contributed by atoms with E-state index in [-0.39, 0.29) is 0 Å². The van der Waals surface area contributed by atoms with Gasteiger partial charge in [-0.25, -0.2) is 0 Å². The minimum atomic E-state index is 0.410. The fraction of sp³-hybridized carbons (Fsp3) is 0.444. The second-order valence-corrected chi connectivity index (χ2v) is 4.37. The lowest BCUT2D eigenvalue weighted by molar-refractivity contribution is 0.732. The summed E-state index contributed by atoms with van der Waals surface area (Å²) in [6, 6.07) is 1.99. The maximum absolute atomic E-state index is 5.53. The van der Waals surface area contributed by atoms with E-state index in [9.17, 15) is 0 Å². The summed E-state index contributed by atoms with van der Waals surface area (Å²) in [4.78, 5) is 0. The van der Waals surface area contributed by atoms with Crippen molar-refractivity contribution in [2.75, 3.05) is 0 Å². The molecule has 0 spiro atoms. The quantitative estimate of drug-likeness (QED) is 0.775. The van der Waals surface area contributed by atoms with Gasteiger partial charge in [0.2, 0.25) is 0 Å². The second-order valence-electron chi connectivity index (χ2n) is 3.43. The molecule has 0 aliphatic carbocycles. The minimum Gasteiger partial charge on any atom is -0.324 e. The Morgan fingerprint density at radius 2 is 2.19 bits per heavy atom. The highest BCUT2D eigenvalue weighted by Gasteiger charge is 2.08. The number of thioether (sulfide) groups is 1. The lowest BCUT2D eigenvalue weighted by Gasteiger charge is -2.00. The summed E-state index contributed by atoms with van der Waals surface area (Å²) in [5, 5.41) is 13.2. The molecule has 16 heavy (non-hydrogen) atoms. The highest BCUT2D eigenvalue weighted by atomic mass is 32.2. The standard InChI is InChI=1S/C9H14N6S/c1-14-4-3-7(13-14)6-16-9-12-11-8(5-10)15(9)2/h3-4H,5-6,10H2,1-2H3. The van der Waals surface area contributed by atoms with Gasteiger partial charge in [0.25, 0.3) is 0 Å². The molecule has 2 rings (SSSR count). The van der Waals surface area contributed by atoms with Crippen LogP contribution in [0.1, 0.15) is 11.5 Å². The van der Waals surface area contributed by atoms with Crippen LogP contribution < -0.4 is 5.73 Å². The van der Waals surface area contributed by atoms with Crippen LogP contribution in [-0.4, -0.2) is 24.5 Å². The van der Waals surface area contributed by atoms with Crippen LogP contribution in [0, 0.1) is 0 Å². The van der Waals surface area contributed by atoms with Gasteiger partial charge in [-0.15, -0.1) is 10.2 Å². The normalized spacial score (nSPS) is 10.9. The van der Waals surface area contributed by atoms with E-state index < -0.39 is 0 Å². The van der Waals surface area contributed by atoms with E-state index in [4.69, 9.17) is 5.73 Å². The van der Waals surface area contributed by atoms with Gasteiger partial charge in [-0.2, -0.15) is 5.10 Å². The van der Waals surface area contributed by atoms with Crippen LogP contribution in [-0.2, 0) is 26.4 Å². The number of nitrogens with two attached hydrogens (primary N) is 1. The van der Waals surface area contributed by atoms with E-state index in [0.717, 1.165) is 22.4 Å². The average Bonchev–Trinajstić information content (AvgIpc) is 2.83. The van der Waals surface area contributed by atoms with Crippen LogP contribution in [0.2, 0.25) is 0 Å². The van der Waals surface area contributed by atoms with Gasteiger partial charge in [0, 0.05) is 26.0 Å². The van der Waals surface area contributed by atoms with E-state index in [1.165, 1.54) is 0 Å². The molecule has 6 nitrogen and oxygen atoms in total. The molecule has 0 radical (unpaired) electrons. The summed E-state index contributed by atoms with van der Waals surface area (Å²) in [7, 11) is 3.83. The number of aryl methyl sites for hydroxylation is 1. The summed E-state index contributed by atoms with van der Waals surface area (Å²) in [5.74, 6) is 1.58. The second kappa shape index (κ2) is 4.67. The van der Waals surface area contributed by atoms with Gasteiger partial charge < -0.3 is 10.3 Å². The molecule has 2 heterocycles. The van der Waals surface area contributed by atoms with Gasteiger partial charge in [0.1, 0.15) is 5.82 Å². The monoisotopic (exact) mass is 238 g/mol. The Hall–Kier alpha value is -1.34. The third-order valence-electron chi connectivity index (χ3n) is 2.23. The van der Waals surface area contributed by atoms with Crippen molar-refractivity contribution in [3.8, 4) is 0 Å². The molecule has 0 saturated heterocycles. The minimum absolute atomic E-state index is 0.410. The average molecular weight is 238 g/mol. The Labute approximate surface area is 97.8 Å². The lowest BCUT2D eigenvalue weighted by atomic mass is 10.5.